The van der Waals surface area contributed by atoms with Gasteiger partial charge in [-0.3, -0.25) is 9.59 Å². The Morgan fingerprint density at radius 3 is 2.75 bits per heavy atom. The monoisotopic (exact) mass is 504 g/mol. The molecule has 0 radical (unpaired) electrons. The molecule has 186 valence electrons. The van der Waals surface area contributed by atoms with Gasteiger partial charge in [0, 0.05) is 47.6 Å². The second-order valence-electron chi connectivity index (χ2n) is 8.95. The van der Waals surface area contributed by atoms with Gasteiger partial charge in [-0.1, -0.05) is 30.3 Å². The largest absolute Gasteiger partial charge is 0.502 e. The number of aromatic hydroxyl groups is 1. The van der Waals surface area contributed by atoms with E-state index in [0.717, 1.165) is 28.1 Å². The summed E-state index contributed by atoms with van der Waals surface area (Å²) in [6.07, 6.45) is 2.81. The predicted molar refractivity (Wildman–Crippen MR) is 139 cm³/mol. The van der Waals surface area contributed by atoms with Crippen LogP contribution in [0.4, 0.5) is 0 Å². The molecular weight excluding hydrogens is 476 g/mol. The number of amides is 1. The molecule has 3 heterocycles. The SMILES string of the molecule is COCc1cc(=O)c(O)c([C@@H](CC(=O)N2CCc3c([nH]c4ccccc34)C2)c2ccc(SC)cc2)o1. The molecule has 0 unspecified atom stereocenters. The molecule has 4 aromatic rings. The van der Waals surface area contributed by atoms with Crippen LogP contribution in [-0.2, 0) is 29.1 Å². The number of ether oxygens (including phenoxy) is 1. The molecule has 36 heavy (non-hydrogen) atoms. The summed E-state index contributed by atoms with van der Waals surface area (Å²) in [6, 6.07) is 17.2. The first-order chi connectivity index (χ1) is 17.5. The summed E-state index contributed by atoms with van der Waals surface area (Å²) in [6.45, 7) is 1.18. The number of benzene rings is 2. The second kappa shape index (κ2) is 10.2. The summed E-state index contributed by atoms with van der Waals surface area (Å²) < 4.78 is 11.1. The van der Waals surface area contributed by atoms with Crippen LogP contribution in [0.1, 0.15) is 40.7 Å². The summed E-state index contributed by atoms with van der Waals surface area (Å²) in [5.41, 5.74) is 3.62. The minimum atomic E-state index is -0.623. The lowest BCUT2D eigenvalue weighted by Gasteiger charge is -2.29. The first kappa shape index (κ1) is 24.2. The highest BCUT2D eigenvalue weighted by atomic mass is 32.2. The number of para-hydroxylation sites is 1. The van der Waals surface area contributed by atoms with Crippen molar-refractivity contribution in [2.24, 2.45) is 0 Å². The van der Waals surface area contributed by atoms with Gasteiger partial charge in [0.25, 0.3) is 0 Å². The van der Waals surface area contributed by atoms with Gasteiger partial charge in [-0.25, -0.2) is 0 Å². The van der Waals surface area contributed by atoms with Crippen LogP contribution >= 0.6 is 11.8 Å². The highest BCUT2D eigenvalue weighted by Gasteiger charge is 2.30. The molecule has 2 aromatic heterocycles. The Bertz CT molecular complexity index is 1460. The number of fused-ring (bicyclic) bond motifs is 3. The third-order valence-corrected chi connectivity index (χ3v) is 7.48. The first-order valence-electron chi connectivity index (χ1n) is 11.8. The number of hydrogen-bond donors (Lipinski definition) is 2. The molecule has 7 nitrogen and oxygen atoms in total. The number of aromatic amines is 1. The molecule has 0 saturated heterocycles. The topological polar surface area (TPSA) is 95.8 Å². The number of carbonyl (C=O) groups is 1. The zero-order chi connectivity index (χ0) is 25.2. The number of rotatable bonds is 7. The molecule has 5 rings (SSSR count). The minimum Gasteiger partial charge on any atom is -0.502 e. The Balaban J connectivity index is 1.47. The standard InChI is InChI=1S/C28H28N2O5S/c1-34-16-18-13-25(31)27(33)28(35-18)22(17-7-9-19(36-2)10-8-17)14-26(32)30-12-11-21-20-5-3-4-6-23(20)29-24(21)15-30/h3-10,13,22,29,33H,11-12,14-16H2,1-2H3/t22-/m0/s1. The fourth-order valence-corrected chi connectivity index (χ4v) is 5.32. The van der Waals surface area contributed by atoms with Crippen LogP contribution in [0.3, 0.4) is 0 Å². The van der Waals surface area contributed by atoms with Gasteiger partial charge in [-0.05, 0) is 42.0 Å². The zero-order valence-electron chi connectivity index (χ0n) is 20.2. The predicted octanol–water partition coefficient (Wildman–Crippen LogP) is 4.80. The third kappa shape index (κ3) is 4.66. The maximum Gasteiger partial charge on any atom is 0.227 e. The first-order valence-corrected chi connectivity index (χ1v) is 13.1. The maximum absolute atomic E-state index is 13.6. The number of methoxy groups -OCH3 is 1. The normalized spacial score (nSPS) is 14.1. The Morgan fingerprint density at radius 2 is 2.00 bits per heavy atom. The van der Waals surface area contributed by atoms with Crippen molar-refractivity contribution in [2.45, 2.75) is 36.8 Å². The molecule has 0 fully saturated rings. The fourth-order valence-electron chi connectivity index (χ4n) is 4.91. The van der Waals surface area contributed by atoms with Crippen molar-refractivity contribution in [3.63, 3.8) is 0 Å². The van der Waals surface area contributed by atoms with E-state index in [4.69, 9.17) is 9.15 Å². The van der Waals surface area contributed by atoms with Crippen molar-refractivity contribution in [1.82, 2.24) is 9.88 Å². The van der Waals surface area contributed by atoms with Gasteiger partial charge in [0.2, 0.25) is 17.1 Å². The van der Waals surface area contributed by atoms with E-state index < -0.39 is 17.1 Å². The molecule has 1 aliphatic heterocycles. The average Bonchev–Trinajstić information content (AvgIpc) is 3.27. The summed E-state index contributed by atoms with van der Waals surface area (Å²) in [5.74, 6) is -0.783. The Morgan fingerprint density at radius 1 is 1.22 bits per heavy atom. The fraction of sp³-hybridized carbons (Fsp3) is 0.286. The van der Waals surface area contributed by atoms with Gasteiger partial charge in [0.15, 0.2) is 5.76 Å². The van der Waals surface area contributed by atoms with Crippen molar-refractivity contribution >= 4 is 28.6 Å². The quantitative estimate of drug-likeness (QED) is 0.351. The number of H-pyrrole nitrogens is 1. The van der Waals surface area contributed by atoms with E-state index in [2.05, 4.69) is 11.1 Å². The third-order valence-electron chi connectivity index (χ3n) is 6.74. The highest BCUT2D eigenvalue weighted by Crippen LogP contribution is 2.35. The molecule has 1 amide bonds. The molecular formula is C28H28N2O5S. The van der Waals surface area contributed by atoms with Crippen molar-refractivity contribution in [2.75, 3.05) is 19.9 Å². The van der Waals surface area contributed by atoms with Gasteiger partial charge in [-0.2, -0.15) is 0 Å². The minimum absolute atomic E-state index is 0.0567. The Hall–Kier alpha value is -3.49. The molecule has 2 aromatic carbocycles. The summed E-state index contributed by atoms with van der Waals surface area (Å²) in [5, 5.41) is 11.9. The zero-order valence-corrected chi connectivity index (χ0v) is 21.1. The van der Waals surface area contributed by atoms with Crippen LogP contribution in [0.5, 0.6) is 5.75 Å². The molecule has 0 bridgehead atoms. The number of hydrogen-bond acceptors (Lipinski definition) is 6. The summed E-state index contributed by atoms with van der Waals surface area (Å²) >= 11 is 1.61. The van der Waals surface area contributed by atoms with Crippen molar-refractivity contribution in [3.8, 4) is 5.75 Å². The van der Waals surface area contributed by atoms with Gasteiger partial charge in [-0.15, -0.1) is 11.8 Å². The van der Waals surface area contributed by atoms with Crippen LogP contribution in [0.25, 0.3) is 10.9 Å². The average molecular weight is 505 g/mol. The van der Waals surface area contributed by atoms with Gasteiger partial charge in [0.1, 0.15) is 12.4 Å². The molecule has 8 heteroatoms. The lowest BCUT2D eigenvalue weighted by atomic mass is 9.91. The maximum atomic E-state index is 13.6. The highest BCUT2D eigenvalue weighted by molar-refractivity contribution is 7.98. The van der Waals surface area contributed by atoms with E-state index in [-0.39, 0.29) is 24.7 Å². The van der Waals surface area contributed by atoms with E-state index in [1.54, 1.807) is 11.8 Å². The van der Waals surface area contributed by atoms with E-state index in [9.17, 15) is 14.7 Å². The van der Waals surface area contributed by atoms with Crippen molar-refractivity contribution < 1.29 is 19.1 Å². The number of thioether (sulfide) groups is 1. The van der Waals surface area contributed by atoms with E-state index in [1.807, 2.05) is 53.6 Å². The van der Waals surface area contributed by atoms with Gasteiger partial charge >= 0.3 is 0 Å². The summed E-state index contributed by atoms with van der Waals surface area (Å²) in [7, 11) is 1.50. The number of nitrogens with zero attached hydrogens (tertiary/aromatic N) is 1. The molecule has 2 N–H and O–H groups in total. The number of aromatic nitrogens is 1. The molecule has 0 aliphatic carbocycles. The van der Waals surface area contributed by atoms with Crippen LogP contribution in [-0.4, -0.2) is 40.8 Å². The molecule has 1 atom stereocenters. The van der Waals surface area contributed by atoms with E-state index in [0.29, 0.717) is 18.8 Å². The van der Waals surface area contributed by atoms with E-state index in [1.165, 1.54) is 24.1 Å². The molecule has 1 aliphatic rings. The number of carbonyl (C=O) groups excluding carboxylic acids is 1. The second-order valence-corrected chi connectivity index (χ2v) is 9.83. The lowest BCUT2D eigenvalue weighted by molar-refractivity contribution is -0.132. The molecule has 0 spiro atoms. The van der Waals surface area contributed by atoms with Gasteiger partial charge < -0.3 is 24.1 Å². The Kier molecular flexibility index (Phi) is 6.89. The smallest absolute Gasteiger partial charge is 0.227 e. The van der Waals surface area contributed by atoms with Gasteiger partial charge in [0.05, 0.1) is 12.5 Å². The van der Waals surface area contributed by atoms with Crippen molar-refractivity contribution in [3.05, 3.63) is 93.2 Å². The lowest BCUT2D eigenvalue weighted by Crippen LogP contribution is -2.36. The Labute approximate surface area is 213 Å². The van der Waals surface area contributed by atoms with Crippen LogP contribution < -0.4 is 5.43 Å². The summed E-state index contributed by atoms with van der Waals surface area (Å²) in [4.78, 5) is 32.5. The molecule has 0 saturated carbocycles. The van der Waals surface area contributed by atoms with Crippen LogP contribution in [0.2, 0.25) is 0 Å². The van der Waals surface area contributed by atoms with Crippen LogP contribution in [0.15, 0.2) is 68.7 Å². The van der Waals surface area contributed by atoms with E-state index >= 15 is 0 Å². The number of nitrogens with one attached hydrogen (secondary N) is 1. The van der Waals surface area contributed by atoms with Crippen LogP contribution in [0, 0.1) is 0 Å². The van der Waals surface area contributed by atoms with Crippen molar-refractivity contribution in [1.29, 1.82) is 0 Å².